The summed E-state index contributed by atoms with van der Waals surface area (Å²) in [6.07, 6.45) is 2.81. The number of carbonyl (C=O) groups excluding carboxylic acids is 2. The van der Waals surface area contributed by atoms with Crippen LogP contribution >= 0.6 is 11.3 Å². The van der Waals surface area contributed by atoms with Crippen LogP contribution < -0.4 is 14.8 Å². The third-order valence-electron chi connectivity index (χ3n) is 4.29. The van der Waals surface area contributed by atoms with Gasteiger partial charge in [-0.15, -0.1) is 11.3 Å². The third kappa shape index (κ3) is 5.39. The number of morpholine rings is 1. The Morgan fingerprint density at radius 2 is 1.93 bits per heavy atom. The molecule has 154 valence electrons. The van der Waals surface area contributed by atoms with Gasteiger partial charge >= 0.3 is 5.97 Å². The van der Waals surface area contributed by atoms with Gasteiger partial charge in [0.15, 0.2) is 0 Å². The third-order valence-corrected chi connectivity index (χ3v) is 5.35. The number of hydrogen-bond acceptors (Lipinski definition) is 6. The van der Waals surface area contributed by atoms with Gasteiger partial charge in [-0.2, -0.15) is 0 Å². The molecular weight excluding hydrogens is 399 g/mol. The fraction of sp³-hybridized carbons (Fsp3) is 0.350. The van der Waals surface area contributed by atoms with Crippen LogP contribution in [-0.4, -0.2) is 54.3 Å². The maximum Gasteiger partial charge on any atom is 0.333 e. The second kappa shape index (κ2) is 9.62. The maximum absolute atomic E-state index is 13.1. The fourth-order valence-electron chi connectivity index (χ4n) is 2.84. The Hall–Kier alpha value is -2.78. The van der Waals surface area contributed by atoms with Crippen molar-refractivity contribution < 1.29 is 23.5 Å². The molecule has 0 aliphatic carbocycles. The summed E-state index contributed by atoms with van der Waals surface area (Å²) in [6.45, 7) is 3.53. The van der Waals surface area contributed by atoms with Crippen molar-refractivity contribution in [1.29, 1.82) is 0 Å². The van der Waals surface area contributed by atoms with E-state index in [0.717, 1.165) is 11.3 Å². The first kappa shape index (κ1) is 20.9. The van der Waals surface area contributed by atoms with E-state index < -0.39 is 11.5 Å². The average Bonchev–Trinajstić information content (AvgIpc) is 2.99. The molecule has 0 bridgehead atoms. The maximum atomic E-state index is 13.1. The molecule has 1 fully saturated rings. The van der Waals surface area contributed by atoms with Gasteiger partial charge in [0.05, 0.1) is 30.4 Å². The number of rotatable bonds is 5. The molecule has 1 aromatic heterocycles. The molecule has 7 nitrogen and oxygen atoms in total. The minimum atomic E-state index is -0.588. The topological polar surface area (TPSA) is 77.8 Å². The van der Waals surface area contributed by atoms with Crippen LogP contribution in [0.25, 0.3) is 12.2 Å². The molecule has 29 heavy (non-hydrogen) atoms. The predicted molar refractivity (Wildman–Crippen MR) is 106 cm³/mol. The smallest absolute Gasteiger partial charge is 0.333 e. The number of aromatic nitrogens is 1. The summed E-state index contributed by atoms with van der Waals surface area (Å²) in [4.78, 5) is 39.1. The Morgan fingerprint density at radius 3 is 2.59 bits per heavy atom. The largest absolute Gasteiger partial charge is 0.463 e. The van der Waals surface area contributed by atoms with Crippen LogP contribution in [0.5, 0.6) is 0 Å². The number of nitrogens with zero attached hydrogens (tertiary/aromatic N) is 2. The van der Waals surface area contributed by atoms with Crippen LogP contribution in [0, 0.1) is 5.82 Å². The van der Waals surface area contributed by atoms with Crippen molar-refractivity contribution >= 4 is 35.4 Å². The van der Waals surface area contributed by atoms with E-state index >= 15 is 0 Å². The number of thiazole rings is 1. The molecule has 0 unspecified atom stereocenters. The van der Waals surface area contributed by atoms with E-state index in [-0.39, 0.29) is 24.9 Å². The van der Waals surface area contributed by atoms with Gasteiger partial charge in [0.2, 0.25) is 5.91 Å². The predicted octanol–water partition coefficient (Wildman–Crippen LogP) is 0.0801. The summed E-state index contributed by atoms with van der Waals surface area (Å²) in [7, 11) is 0. The summed E-state index contributed by atoms with van der Waals surface area (Å²) >= 11 is 1.08. The van der Waals surface area contributed by atoms with Gasteiger partial charge in [-0.1, -0.05) is 12.1 Å². The van der Waals surface area contributed by atoms with Gasteiger partial charge in [-0.3, -0.25) is 14.2 Å². The van der Waals surface area contributed by atoms with Gasteiger partial charge in [0.25, 0.3) is 5.56 Å². The highest BCUT2D eigenvalue weighted by Crippen LogP contribution is 2.03. The van der Waals surface area contributed by atoms with Crippen LogP contribution in [0.4, 0.5) is 4.39 Å². The van der Waals surface area contributed by atoms with Crippen LogP contribution in [0.3, 0.4) is 0 Å². The van der Waals surface area contributed by atoms with Crippen molar-refractivity contribution in [2.24, 2.45) is 0 Å². The highest BCUT2D eigenvalue weighted by Gasteiger charge is 2.19. The number of halogens is 1. The Morgan fingerprint density at radius 1 is 1.24 bits per heavy atom. The van der Waals surface area contributed by atoms with Crippen LogP contribution in [0.1, 0.15) is 12.5 Å². The van der Waals surface area contributed by atoms with Gasteiger partial charge in [-0.25, -0.2) is 9.18 Å². The van der Waals surface area contributed by atoms with Crippen molar-refractivity contribution in [2.45, 2.75) is 13.5 Å². The fourth-order valence-corrected chi connectivity index (χ4v) is 3.87. The van der Waals surface area contributed by atoms with Crippen molar-refractivity contribution in [1.82, 2.24) is 9.47 Å². The highest BCUT2D eigenvalue weighted by molar-refractivity contribution is 7.07. The first-order chi connectivity index (χ1) is 14.0. The summed E-state index contributed by atoms with van der Waals surface area (Å²) in [6, 6.07) is 5.69. The number of carbonyl (C=O) groups is 2. The van der Waals surface area contributed by atoms with Crippen molar-refractivity contribution in [2.75, 3.05) is 32.9 Å². The average molecular weight is 420 g/mol. The minimum absolute atomic E-state index is 0.183. The Bertz CT molecular complexity index is 1050. The number of hydrogen-bond donors (Lipinski definition) is 0. The van der Waals surface area contributed by atoms with Crippen molar-refractivity contribution in [3.8, 4) is 0 Å². The lowest BCUT2D eigenvalue weighted by atomic mass is 10.2. The zero-order valence-electron chi connectivity index (χ0n) is 15.9. The molecule has 1 saturated heterocycles. The number of benzene rings is 1. The molecule has 2 aromatic rings. The molecular formula is C20H21FN2O5S. The first-order valence-corrected chi connectivity index (χ1v) is 10.0. The normalized spacial score (nSPS) is 15.6. The molecule has 2 heterocycles. The van der Waals surface area contributed by atoms with E-state index in [4.69, 9.17) is 9.47 Å². The molecule has 0 N–H and O–H groups in total. The van der Waals surface area contributed by atoms with E-state index in [9.17, 15) is 18.8 Å². The van der Waals surface area contributed by atoms with E-state index in [0.29, 0.717) is 41.1 Å². The second-order valence-corrected chi connectivity index (χ2v) is 7.34. The Kier molecular flexibility index (Phi) is 6.95. The highest BCUT2D eigenvalue weighted by atomic mass is 32.1. The summed E-state index contributed by atoms with van der Waals surface area (Å²) in [5.41, 5.74) is 0.246. The van der Waals surface area contributed by atoms with Crippen molar-refractivity contribution in [3.05, 3.63) is 55.2 Å². The Balaban J connectivity index is 2.01. The van der Waals surface area contributed by atoms with E-state index in [1.165, 1.54) is 22.8 Å². The first-order valence-electron chi connectivity index (χ1n) is 9.19. The standard InChI is InChI=1S/C20H21FN2O5S/c1-2-28-19(25)12-18-23(13-17(24)22-7-9-27-10-8-22)20(26)16(29-18)11-14-3-5-15(21)6-4-14/h3-6,11-12H,2,7-10,13H2,1H3/b16-11-,18-12-. The molecule has 1 amide bonds. The molecule has 0 spiro atoms. The SMILES string of the molecule is CCOC(=O)/C=c1\s/c(=C\c2ccc(F)cc2)c(=O)n1CC(=O)N1CCOCC1. The van der Waals surface area contributed by atoms with Crippen molar-refractivity contribution in [3.63, 3.8) is 0 Å². The van der Waals surface area contributed by atoms with Crippen LogP contribution in [-0.2, 0) is 25.6 Å². The van der Waals surface area contributed by atoms with Gasteiger partial charge in [0, 0.05) is 13.1 Å². The lowest BCUT2D eigenvalue weighted by Crippen LogP contribution is -2.45. The quantitative estimate of drug-likeness (QED) is 0.641. The van der Waals surface area contributed by atoms with Gasteiger partial charge in [-0.05, 0) is 30.7 Å². The monoisotopic (exact) mass is 420 g/mol. The zero-order chi connectivity index (χ0) is 20.8. The lowest BCUT2D eigenvalue weighted by molar-refractivity contribution is -0.136. The summed E-state index contributed by atoms with van der Waals surface area (Å²) in [5.74, 6) is -1.19. The second-order valence-electron chi connectivity index (χ2n) is 6.28. The molecule has 0 saturated carbocycles. The Labute approximate surface area is 170 Å². The molecule has 1 aliphatic heterocycles. The van der Waals surface area contributed by atoms with Crippen LogP contribution in [0.2, 0.25) is 0 Å². The number of esters is 1. The minimum Gasteiger partial charge on any atom is -0.463 e. The zero-order valence-corrected chi connectivity index (χ0v) is 16.7. The molecule has 3 rings (SSSR count). The van der Waals surface area contributed by atoms with Crippen LogP contribution in [0.15, 0.2) is 29.1 Å². The molecule has 0 atom stereocenters. The summed E-state index contributed by atoms with van der Waals surface area (Å²) < 4.78 is 25.2. The number of ether oxygens (including phenoxy) is 2. The van der Waals surface area contributed by atoms with Gasteiger partial charge in [0.1, 0.15) is 17.0 Å². The molecule has 1 aliphatic rings. The van der Waals surface area contributed by atoms with E-state index in [1.54, 1.807) is 30.0 Å². The number of amides is 1. The lowest BCUT2D eigenvalue weighted by Gasteiger charge is -2.26. The van der Waals surface area contributed by atoms with E-state index in [1.807, 2.05) is 0 Å². The van der Waals surface area contributed by atoms with Gasteiger partial charge < -0.3 is 14.4 Å². The molecule has 0 radical (unpaired) electrons. The molecule has 9 heteroatoms. The molecule has 1 aromatic carbocycles. The van der Waals surface area contributed by atoms with E-state index in [2.05, 4.69) is 0 Å². The summed E-state index contributed by atoms with van der Waals surface area (Å²) in [5, 5.41) is 0.